The van der Waals surface area contributed by atoms with E-state index in [9.17, 15) is 30.0 Å². The molecule has 0 aromatic heterocycles. The van der Waals surface area contributed by atoms with Gasteiger partial charge >= 0.3 is 5.97 Å². The van der Waals surface area contributed by atoms with Crippen LogP contribution in [0.3, 0.4) is 0 Å². The van der Waals surface area contributed by atoms with Crippen molar-refractivity contribution in [1.82, 2.24) is 0 Å². The SMILES string of the molecule is CO[C@@H]1C[C@@H]2CCCC(=O)[C@]2(C)[C@H]2CC[C@]3(C)[C@@H]([C@@H](C)[C@H]4CC(C)=C(CO[C@@H]5O[C@H](CO)[C@@H](O)[C@H](O)[C@H]5O)C(=O)O4)CC[C@H]3[C@H]12. The molecule has 0 bridgehead atoms. The summed E-state index contributed by atoms with van der Waals surface area (Å²) in [4.78, 5) is 26.8. The second-order valence-electron chi connectivity index (χ2n) is 15.6. The van der Waals surface area contributed by atoms with Crippen molar-refractivity contribution in [3.05, 3.63) is 11.1 Å². The number of aliphatic hydroxyl groups excluding tert-OH is 4. The lowest BCUT2D eigenvalue weighted by Gasteiger charge is -2.61. The van der Waals surface area contributed by atoms with E-state index in [-0.39, 0.29) is 35.6 Å². The number of ether oxygens (including phenoxy) is 4. The predicted molar refractivity (Wildman–Crippen MR) is 162 cm³/mol. The normalized spacial score (nSPS) is 49.2. The number of methoxy groups -OCH3 is 1. The summed E-state index contributed by atoms with van der Waals surface area (Å²) in [6.45, 7) is 8.11. The number of cyclic esters (lactones) is 1. The fraction of sp³-hybridized carbons (Fsp3) is 0.886. The topological polar surface area (TPSA) is 152 Å². The van der Waals surface area contributed by atoms with E-state index in [2.05, 4.69) is 20.8 Å². The summed E-state index contributed by atoms with van der Waals surface area (Å²) in [6, 6.07) is 0. The summed E-state index contributed by atoms with van der Waals surface area (Å²) in [6.07, 6.45) is 1.66. The summed E-state index contributed by atoms with van der Waals surface area (Å²) >= 11 is 0. The molecular formula is C35H54O10. The summed E-state index contributed by atoms with van der Waals surface area (Å²) < 4.78 is 23.4. The molecular weight excluding hydrogens is 580 g/mol. The third-order valence-electron chi connectivity index (χ3n) is 13.8. The van der Waals surface area contributed by atoms with Gasteiger partial charge in [-0.3, -0.25) is 4.79 Å². The number of hydrogen-bond donors (Lipinski definition) is 4. The van der Waals surface area contributed by atoms with Gasteiger partial charge in [0.05, 0.1) is 24.9 Å². The van der Waals surface area contributed by atoms with E-state index < -0.39 is 43.3 Å². The Bertz CT molecular complexity index is 1170. The fourth-order valence-electron chi connectivity index (χ4n) is 11.1. The number of fused-ring (bicyclic) bond motifs is 5. The van der Waals surface area contributed by atoms with Crippen LogP contribution >= 0.6 is 0 Å². The van der Waals surface area contributed by atoms with Crippen molar-refractivity contribution in [3.8, 4) is 0 Å². The van der Waals surface area contributed by atoms with Crippen LogP contribution in [0.1, 0.15) is 85.5 Å². The first-order chi connectivity index (χ1) is 21.4. The van der Waals surface area contributed by atoms with Gasteiger partial charge in [-0.05, 0) is 92.8 Å². The number of carbonyl (C=O) groups excluding carboxylic acids is 2. The quantitative estimate of drug-likeness (QED) is 0.308. The van der Waals surface area contributed by atoms with E-state index in [1.165, 1.54) is 0 Å². The molecule has 0 unspecified atom stereocenters. The lowest BCUT2D eigenvalue weighted by Crippen LogP contribution is -2.61. The number of esters is 1. The zero-order valence-electron chi connectivity index (χ0n) is 27.5. The lowest BCUT2D eigenvalue weighted by molar-refractivity contribution is -0.299. The smallest absolute Gasteiger partial charge is 0.336 e. The number of Topliss-reactive ketones (excluding diaryl/α,β-unsaturated/α-hetero) is 1. The number of hydrogen-bond acceptors (Lipinski definition) is 10. The molecule has 4 aliphatic carbocycles. The molecule has 45 heavy (non-hydrogen) atoms. The molecule has 5 fully saturated rings. The maximum absolute atomic E-state index is 13.5. The second kappa shape index (κ2) is 12.6. The zero-order valence-corrected chi connectivity index (χ0v) is 27.5. The molecule has 0 aromatic carbocycles. The van der Waals surface area contributed by atoms with Gasteiger partial charge in [0.1, 0.15) is 36.3 Å². The molecule has 6 aliphatic rings. The maximum atomic E-state index is 13.5. The highest BCUT2D eigenvalue weighted by Gasteiger charge is 2.65. The van der Waals surface area contributed by atoms with Gasteiger partial charge in [-0.25, -0.2) is 4.79 Å². The minimum atomic E-state index is -1.55. The van der Waals surface area contributed by atoms with Crippen LogP contribution in [0.25, 0.3) is 0 Å². The zero-order chi connectivity index (χ0) is 32.4. The van der Waals surface area contributed by atoms with E-state index >= 15 is 0 Å². The molecule has 0 spiro atoms. The highest BCUT2D eigenvalue weighted by atomic mass is 16.7. The van der Waals surface area contributed by atoms with Crippen molar-refractivity contribution < 1.29 is 49.0 Å². The Labute approximate surface area is 266 Å². The number of carbonyl (C=O) groups is 2. The van der Waals surface area contributed by atoms with Crippen molar-refractivity contribution in [3.63, 3.8) is 0 Å². The molecule has 10 nitrogen and oxygen atoms in total. The van der Waals surface area contributed by atoms with Gasteiger partial charge in [0.2, 0.25) is 0 Å². The highest BCUT2D eigenvalue weighted by Crippen LogP contribution is 2.68. The van der Waals surface area contributed by atoms with Crippen molar-refractivity contribution >= 4 is 11.8 Å². The van der Waals surface area contributed by atoms with Crippen molar-refractivity contribution in [2.24, 2.45) is 46.3 Å². The molecule has 2 heterocycles. The Hall–Kier alpha value is -1.40. The molecule has 0 radical (unpaired) electrons. The average molecular weight is 635 g/mol. The molecule has 4 N–H and O–H groups in total. The number of aliphatic hydroxyl groups is 4. The first-order valence-corrected chi connectivity index (χ1v) is 17.2. The molecule has 10 heteroatoms. The molecule has 0 aromatic rings. The van der Waals surface area contributed by atoms with Gasteiger partial charge in [0.15, 0.2) is 6.29 Å². The molecule has 0 amide bonds. The summed E-state index contributed by atoms with van der Waals surface area (Å²) in [7, 11) is 1.85. The van der Waals surface area contributed by atoms with Crippen molar-refractivity contribution in [2.45, 2.75) is 128 Å². The van der Waals surface area contributed by atoms with E-state index in [4.69, 9.17) is 18.9 Å². The Balaban J connectivity index is 1.14. The van der Waals surface area contributed by atoms with Crippen LogP contribution in [0.2, 0.25) is 0 Å². The van der Waals surface area contributed by atoms with E-state index in [1.54, 1.807) is 0 Å². The molecule has 1 saturated heterocycles. The van der Waals surface area contributed by atoms with Crippen LogP contribution in [0.5, 0.6) is 0 Å². The minimum Gasteiger partial charge on any atom is -0.458 e. The Morgan fingerprint density at radius 1 is 1.02 bits per heavy atom. The Morgan fingerprint density at radius 3 is 2.47 bits per heavy atom. The molecule has 6 rings (SSSR count). The van der Waals surface area contributed by atoms with Gasteiger partial charge in [-0.1, -0.05) is 26.3 Å². The van der Waals surface area contributed by atoms with Crippen LogP contribution < -0.4 is 0 Å². The monoisotopic (exact) mass is 634 g/mol. The van der Waals surface area contributed by atoms with Crippen LogP contribution in [-0.4, -0.2) is 95.4 Å². The first-order valence-electron chi connectivity index (χ1n) is 17.2. The van der Waals surface area contributed by atoms with Gasteiger partial charge < -0.3 is 39.4 Å². The van der Waals surface area contributed by atoms with Gasteiger partial charge in [-0.15, -0.1) is 0 Å². The van der Waals surface area contributed by atoms with Crippen LogP contribution in [0.15, 0.2) is 11.1 Å². The minimum absolute atomic E-state index is 0.0782. The van der Waals surface area contributed by atoms with E-state index in [0.29, 0.717) is 53.8 Å². The second-order valence-corrected chi connectivity index (χ2v) is 15.6. The molecule has 4 saturated carbocycles. The standard InChI is InChI=1S/C35H54O10/c1-17-13-24(44-32(41)20(17)16-43-33-31(40)30(39)29(38)26(15-36)45-33)18(2)21-9-10-22-28-23(11-12-34(21,22)3)35(4)19(14-25(28)42-5)7-6-8-27(35)37/h18-19,21-26,28-31,33,36,38-40H,6-16H2,1-5H3/t18-,19+,21-,22+,23+,24-,25-,26-,28+,29-,30+,31-,33-,34-,35+/m1/s1. The summed E-state index contributed by atoms with van der Waals surface area (Å²) in [5.74, 6) is 2.17. The number of ketones is 1. The van der Waals surface area contributed by atoms with Crippen LogP contribution in [0.4, 0.5) is 0 Å². The number of rotatable bonds is 7. The highest BCUT2D eigenvalue weighted by molar-refractivity contribution is 5.90. The Kier molecular flexibility index (Phi) is 9.35. The predicted octanol–water partition coefficient (Wildman–Crippen LogP) is 2.92. The third-order valence-corrected chi connectivity index (χ3v) is 13.8. The molecule has 2 aliphatic heterocycles. The van der Waals surface area contributed by atoms with E-state index in [0.717, 1.165) is 50.5 Å². The fourth-order valence-corrected chi connectivity index (χ4v) is 11.1. The summed E-state index contributed by atoms with van der Waals surface area (Å²) in [5.41, 5.74) is 1.06. The van der Waals surface area contributed by atoms with E-state index in [1.807, 2.05) is 14.0 Å². The maximum Gasteiger partial charge on any atom is 0.336 e. The van der Waals surface area contributed by atoms with Gasteiger partial charge in [-0.2, -0.15) is 0 Å². The van der Waals surface area contributed by atoms with Crippen LogP contribution in [0, 0.1) is 46.3 Å². The van der Waals surface area contributed by atoms with Crippen molar-refractivity contribution in [1.29, 1.82) is 0 Å². The molecule has 15 atom stereocenters. The third kappa shape index (κ3) is 5.35. The lowest BCUT2D eigenvalue weighted by atomic mass is 9.43. The summed E-state index contributed by atoms with van der Waals surface area (Å²) in [5, 5.41) is 39.9. The van der Waals surface area contributed by atoms with Crippen LogP contribution in [-0.2, 0) is 28.5 Å². The van der Waals surface area contributed by atoms with Gasteiger partial charge in [0.25, 0.3) is 0 Å². The first kappa shape index (κ1) is 33.5. The Morgan fingerprint density at radius 2 is 1.78 bits per heavy atom. The molecule has 254 valence electrons. The average Bonchev–Trinajstić information content (AvgIpc) is 3.37. The largest absolute Gasteiger partial charge is 0.458 e. The van der Waals surface area contributed by atoms with Crippen molar-refractivity contribution in [2.75, 3.05) is 20.3 Å². The van der Waals surface area contributed by atoms with Gasteiger partial charge in [0, 0.05) is 25.4 Å².